The molecule has 0 bridgehead atoms. The van der Waals surface area contributed by atoms with Crippen molar-refractivity contribution in [1.82, 2.24) is 4.98 Å². The van der Waals surface area contributed by atoms with Gasteiger partial charge in [0.1, 0.15) is 0 Å². The molecule has 0 fully saturated rings. The van der Waals surface area contributed by atoms with E-state index in [9.17, 15) is 5.11 Å². The minimum Gasteiger partial charge on any atom is -0.374 e. The van der Waals surface area contributed by atoms with Crippen LogP contribution in [-0.2, 0) is 3.61 Å². The van der Waals surface area contributed by atoms with Gasteiger partial charge in [0.05, 0.1) is 5.69 Å². The van der Waals surface area contributed by atoms with Gasteiger partial charge in [-0.1, -0.05) is 19.9 Å². The van der Waals surface area contributed by atoms with Gasteiger partial charge in [-0.05, 0) is 40.6 Å². The summed E-state index contributed by atoms with van der Waals surface area (Å²) in [6, 6.07) is 5.57. The molecule has 0 aliphatic rings. The van der Waals surface area contributed by atoms with E-state index in [0.29, 0.717) is 0 Å². The van der Waals surface area contributed by atoms with E-state index in [-0.39, 0.29) is 5.92 Å². The Bertz CT molecular complexity index is 246. The van der Waals surface area contributed by atoms with Crippen LogP contribution in [0.15, 0.2) is 24.4 Å². The first-order valence-electron chi connectivity index (χ1n) is 3.88. The summed E-state index contributed by atoms with van der Waals surface area (Å²) in [5.41, 5.74) is 0.723. The Hall–Kier alpha value is -0.160. The lowest BCUT2D eigenvalue weighted by Gasteiger charge is -2.24. The monoisotopic (exact) mass is 277 g/mol. The van der Waals surface area contributed by atoms with Crippen LogP contribution in [0.1, 0.15) is 19.5 Å². The number of hydrogen-bond acceptors (Lipinski definition) is 2. The van der Waals surface area contributed by atoms with E-state index in [4.69, 9.17) is 0 Å². The number of rotatable bonds is 2. The van der Waals surface area contributed by atoms with Crippen LogP contribution in [0.3, 0.4) is 0 Å². The third-order valence-corrected chi connectivity index (χ3v) is 3.59. The summed E-state index contributed by atoms with van der Waals surface area (Å²) in [6.07, 6.45) is 1.70. The maximum atomic E-state index is 9.99. The normalized spacial score (nSPS) is 16.1. The van der Waals surface area contributed by atoms with Crippen molar-refractivity contribution < 1.29 is 5.11 Å². The molecule has 0 spiro atoms. The Kier molecular flexibility index (Phi) is 3.06. The first-order valence-corrected chi connectivity index (χ1v) is 4.96. The number of nitrogens with zero attached hydrogens (tertiary/aromatic N) is 1. The van der Waals surface area contributed by atoms with Crippen LogP contribution in [-0.4, -0.2) is 10.1 Å². The third-order valence-electron chi connectivity index (χ3n) is 1.79. The second kappa shape index (κ2) is 3.70. The third kappa shape index (κ3) is 1.95. The van der Waals surface area contributed by atoms with Gasteiger partial charge in [0.2, 0.25) is 0 Å². The number of hydrogen-bond donors (Lipinski definition) is 1. The molecule has 66 valence electrons. The molecule has 1 N–H and O–H groups in total. The molecule has 12 heavy (non-hydrogen) atoms. The Morgan fingerprint density at radius 1 is 1.50 bits per heavy atom. The van der Waals surface area contributed by atoms with Gasteiger partial charge >= 0.3 is 0 Å². The molecule has 1 aromatic rings. The Morgan fingerprint density at radius 3 is 2.58 bits per heavy atom. The van der Waals surface area contributed by atoms with E-state index in [0.717, 1.165) is 5.69 Å². The SMILES string of the molecule is CC(C)C(O)(I)c1ccccn1. The molecule has 0 aliphatic carbocycles. The molecule has 3 heteroatoms. The zero-order valence-corrected chi connectivity index (χ0v) is 9.32. The number of halogens is 1. The average molecular weight is 277 g/mol. The topological polar surface area (TPSA) is 33.1 Å². The summed E-state index contributed by atoms with van der Waals surface area (Å²) >= 11 is 2.02. The van der Waals surface area contributed by atoms with Crippen molar-refractivity contribution in [2.24, 2.45) is 5.92 Å². The predicted octanol–water partition coefficient (Wildman–Crippen LogP) is 2.32. The van der Waals surface area contributed by atoms with Gasteiger partial charge in [0, 0.05) is 6.20 Å². The van der Waals surface area contributed by atoms with E-state index >= 15 is 0 Å². The van der Waals surface area contributed by atoms with Crippen molar-refractivity contribution in [2.45, 2.75) is 17.5 Å². The Balaban J connectivity index is 2.98. The molecule has 1 unspecified atom stereocenters. The zero-order chi connectivity index (χ0) is 9.19. The van der Waals surface area contributed by atoms with Crippen LogP contribution in [0.4, 0.5) is 0 Å². The second-order valence-corrected chi connectivity index (χ2v) is 4.69. The van der Waals surface area contributed by atoms with Crippen LogP contribution in [0.5, 0.6) is 0 Å². The Labute approximate surface area is 86.2 Å². The highest BCUT2D eigenvalue weighted by Gasteiger charge is 2.30. The number of aliphatic hydroxyl groups is 1. The van der Waals surface area contributed by atoms with Crippen molar-refractivity contribution >= 4 is 22.6 Å². The van der Waals surface area contributed by atoms with Gasteiger partial charge in [-0.15, -0.1) is 0 Å². The molecule has 1 rings (SSSR count). The zero-order valence-electron chi connectivity index (χ0n) is 7.16. The van der Waals surface area contributed by atoms with Crippen molar-refractivity contribution in [1.29, 1.82) is 0 Å². The molecule has 2 nitrogen and oxygen atoms in total. The molecule has 0 amide bonds. The van der Waals surface area contributed by atoms with E-state index in [1.807, 2.05) is 54.6 Å². The fourth-order valence-corrected chi connectivity index (χ4v) is 1.18. The van der Waals surface area contributed by atoms with Crippen LogP contribution in [0.2, 0.25) is 0 Å². The molecule has 0 radical (unpaired) electrons. The van der Waals surface area contributed by atoms with Crippen LogP contribution < -0.4 is 0 Å². The first kappa shape index (κ1) is 9.92. The van der Waals surface area contributed by atoms with E-state index in [1.54, 1.807) is 6.20 Å². The average Bonchev–Trinajstić information content (AvgIpc) is 2.06. The highest BCUT2D eigenvalue weighted by atomic mass is 127. The molecule has 1 atom stereocenters. The van der Waals surface area contributed by atoms with Crippen molar-refractivity contribution in [3.05, 3.63) is 30.1 Å². The first-order chi connectivity index (χ1) is 5.55. The highest BCUT2D eigenvalue weighted by molar-refractivity contribution is 14.1. The molecule has 0 saturated heterocycles. The Morgan fingerprint density at radius 2 is 2.17 bits per heavy atom. The minimum absolute atomic E-state index is 0.160. The van der Waals surface area contributed by atoms with Gasteiger partial charge in [-0.2, -0.15) is 0 Å². The summed E-state index contributed by atoms with van der Waals surface area (Å²) in [4.78, 5) is 4.11. The summed E-state index contributed by atoms with van der Waals surface area (Å²) in [5, 5.41) is 9.99. The van der Waals surface area contributed by atoms with Gasteiger partial charge in [0.15, 0.2) is 3.61 Å². The molecule has 0 saturated carbocycles. The summed E-state index contributed by atoms with van der Waals surface area (Å²) in [7, 11) is 0. The van der Waals surface area contributed by atoms with Gasteiger partial charge in [0.25, 0.3) is 0 Å². The molecule has 0 aromatic carbocycles. The van der Waals surface area contributed by atoms with E-state index in [2.05, 4.69) is 4.98 Å². The quantitative estimate of drug-likeness (QED) is 0.664. The van der Waals surface area contributed by atoms with E-state index < -0.39 is 3.61 Å². The predicted molar refractivity (Wildman–Crippen MR) is 57.0 cm³/mol. The van der Waals surface area contributed by atoms with Gasteiger partial charge in [-0.3, -0.25) is 4.98 Å². The van der Waals surface area contributed by atoms with Crippen LogP contribution >= 0.6 is 22.6 Å². The maximum Gasteiger partial charge on any atom is 0.159 e. The van der Waals surface area contributed by atoms with Crippen molar-refractivity contribution in [3.8, 4) is 0 Å². The molecule has 0 aliphatic heterocycles. The largest absolute Gasteiger partial charge is 0.374 e. The summed E-state index contributed by atoms with van der Waals surface area (Å²) in [5.74, 6) is 0.160. The molecule has 1 aromatic heterocycles. The second-order valence-electron chi connectivity index (χ2n) is 3.04. The number of aromatic nitrogens is 1. The van der Waals surface area contributed by atoms with Crippen LogP contribution in [0, 0.1) is 5.92 Å². The lowest BCUT2D eigenvalue weighted by atomic mass is 10.0. The molecule has 1 heterocycles. The number of pyridine rings is 1. The summed E-state index contributed by atoms with van der Waals surface area (Å²) < 4.78 is -0.848. The lowest BCUT2D eigenvalue weighted by Crippen LogP contribution is -2.25. The molecular formula is C9H12INO. The van der Waals surface area contributed by atoms with Gasteiger partial charge in [-0.25, -0.2) is 0 Å². The number of alkyl halides is 1. The van der Waals surface area contributed by atoms with Crippen LogP contribution in [0.25, 0.3) is 0 Å². The van der Waals surface area contributed by atoms with Gasteiger partial charge < -0.3 is 5.11 Å². The van der Waals surface area contributed by atoms with E-state index in [1.165, 1.54) is 0 Å². The smallest absolute Gasteiger partial charge is 0.159 e. The fraction of sp³-hybridized carbons (Fsp3) is 0.444. The highest BCUT2D eigenvalue weighted by Crippen LogP contribution is 2.34. The summed E-state index contributed by atoms with van der Waals surface area (Å²) in [6.45, 7) is 3.95. The fourth-order valence-electron chi connectivity index (χ4n) is 0.866. The van der Waals surface area contributed by atoms with Crippen molar-refractivity contribution in [3.63, 3.8) is 0 Å². The minimum atomic E-state index is -0.848. The maximum absolute atomic E-state index is 9.99. The standard InChI is InChI=1S/C9H12INO/c1-7(2)9(10,12)8-5-3-4-6-11-8/h3-7,12H,1-2H3. The van der Waals surface area contributed by atoms with Crippen molar-refractivity contribution in [2.75, 3.05) is 0 Å². The molecular weight excluding hydrogens is 265 g/mol. The lowest BCUT2D eigenvalue weighted by molar-refractivity contribution is 0.102.